The molecular formula is C12H16F3N5. The molecule has 0 amide bonds. The minimum absolute atomic E-state index is 0.0390. The van der Waals surface area contributed by atoms with Crippen LogP contribution >= 0.6 is 0 Å². The molecule has 0 aliphatic heterocycles. The fourth-order valence-electron chi connectivity index (χ4n) is 2.00. The Kier molecular flexibility index (Phi) is 3.58. The molecule has 2 aromatic rings. The molecule has 0 saturated carbocycles. The summed E-state index contributed by atoms with van der Waals surface area (Å²) in [4.78, 5) is 9.30. The van der Waals surface area contributed by atoms with Gasteiger partial charge < -0.3 is 4.90 Å². The molecule has 0 atom stereocenters. The quantitative estimate of drug-likeness (QED) is 0.870. The lowest BCUT2D eigenvalue weighted by Crippen LogP contribution is -2.25. The molecule has 20 heavy (non-hydrogen) atoms. The monoisotopic (exact) mass is 287 g/mol. The maximum atomic E-state index is 12.7. The highest BCUT2D eigenvalue weighted by molar-refractivity contribution is 5.47. The summed E-state index contributed by atoms with van der Waals surface area (Å²) in [5.41, 5.74) is 0.601. The molecule has 0 spiro atoms. The summed E-state index contributed by atoms with van der Waals surface area (Å²) in [6.45, 7) is 6.48. The molecule has 0 aromatic carbocycles. The first-order valence-electron chi connectivity index (χ1n) is 6.21. The Hall–Kier alpha value is -1.86. The van der Waals surface area contributed by atoms with E-state index in [9.17, 15) is 13.2 Å². The largest absolute Gasteiger partial charge is 0.453 e. The van der Waals surface area contributed by atoms with Gasteiger partial charge >= 0.3 is 6.18 Å². The van der Waals surface area contributed by atoms with Gasteiger partial charge in [0.15, 0.2) is 0 Å². The zero-order chi connectivity index (χ0) is 15.1. The summed E-state index contributed by atoms with van der Waals surface area (Å²) in [5.74, 6) is -0.295. The van der Waals surface area contributed by atoms with Gasteiger partial charge in [-0.05, 0) is 12.8 Å². The molecule has 110 valence electrons. The van der Waals surface area contributed by atoms with E-state index < -0.39 is 12.0 Å². The molecular weight excluding hydrogens is 271 g/mol. The minimum atomic E-state index is -4.57. The molecule has 8 heteroatoms. The topological polar surface area (TPSA) is 46.3 Å². The Morgan fingerprint density at radius 2 is 1.95 bits per heavy atom. The third kappa shape index (κ3) is 2.83. The predicted molar refractivity (Wildman–Crippen MR) is 68.6 cm³/mol. The van der Waals surface area contributed by atoms with Gasteiger partial charge in [0.05, 0.1) is 0 Å². The van der Waals surface area contributed by atoms with Gasteiger partial charge in [-0.2, -0.15) is 22.7 Å². The van der Waals surface area contributed by atoms with Crippen LogP contribution in [0.4, 0.5) is 19.0 Å². The Bertz CT molecular complexity index is 617. The summed E-state index contributed by atoms with van der Waals surface area (Å²) >= 11 is 0. The number of hydrogen-bond acceptors (Lipinski definition) is 4. The van der Waals surface area contributed by atoms with Crippen LogP contribution in [-0.4, -0.2) is 33.2 Å². The average molecular weight is 287 g/mol. The van der Waals surface area contributed by atoms with Gasteiger partial charge in [-0.3, -0.25) is 0 Å². The van der Waals surface area contributed by atoms with E-state index in [4.69, 9.17) is 0 Å². The Balaban J connectivity index is 2.56. The van der Waals surface area contributed by atoms with Gasteiger partial charge in [-0.25, -0.2) is 4.98 Å². The van der Waals surface area contributed by atoms with Crippen molar-refractivity contribution in [2.45, 2.75) is 26.9 Å². The summed E-state index contributed by atoms with van der Waals surface area (Å²) < 4.78 is 39.2. The molecule has 0 bridgehead atoms. The van der Waals surface area contributed by atoms with Crippen LogP contribution in [0, 0.1) is 12.8 Å². The van der Waals surface area contributed by atoms with E-state index in [1.165, 1.54) is 0 Å². The molecule has 0 saturated heterocycles. The molecule has 0 fully saturated rings. The van der Waals surface area contributed by atoms with Crippen molar-refractivity contribution in [2.24, 2.45) is 5.92 Å². The Morgan fingerprint density at radius 1 is 1.30 bits per heavy atom. The van der Waals surface area contributed by atoms with Crippen molar-refractivity contribution < 1.29 is 13.2 Å². The third-order valence-corrected chi connectivity index (χ3v) is 2.71. The predicted octanol–water partition coefficient (Wildman–Crippen LogP) is 2.54. The van der Waals surface area contributed by atoms with Crippen LogP contribution in [-0.2, 0) is 6.18 Å². The number of halogens is 3. The lowest BCUT2D eigenvalue weighted by molar-refractivity contribution is -0.144. The number of aromatic nitrogens is 4. The van der Waals surface area contributed by atoms with E-state index in [1.807, 2.05) is 25.8 Å². The van der Waals surface area contributed by atoms with Crippen molar-refractivity contribution in [3.63, 3.8) is 0 Å². The van der Waals surface area contributed by atoms with Crippen molar-refractivity contribution in [3.05, 3.63) is 17.6 Å². The van der Waals surface area contributed by atoms with Gasteiger partial charge in [0.2, 0.25) is 0 Å². The minimum Gasteiger partial charge on any atom is -0.359 e. The number of rotatable bonds is 3. The smallest absolute Gasteiger partial charge is 0.359 e. The first-order valence-corrected chi connectivity index (χ1v) is 6.21. The van der Waals surface area contributed by atoms with E-state index in [-0.39, 0.29) is 5.78 Å². The number of hydrogen-bond donors (Lipinski definition) is 0. The van der Waals surface area contributed by atoms with Crippen LogP contribution < -0.4 is 4.90 Å². The van der Waals surface area contributed by atoms with Crippen LogP contribution in [0.25, 0.3) is 5.78 Å². The van der Waals surface area contributed by atoms with Crippen LogP contribution in [0.3, 0.4) is 0 Å². The van der Waals surface area contributed by atoms with Crippen molar-refractivity contribution in [3.8, 4) is 0 Å². The maximum absolute atomic E-state index is 12.7. The highest BCUT2D eigenvalue weighted by Gasteiger charge is 2.37. The van der Waals surface area contributed by atoms with Crippen molar-refractivity contribution in [2.75, 3.05) is 18.5 Å². The van der Waals surface area contributed by atoms with Gasteiger partial charge in [-0.15, -0.1) is 5.10 Å². The maximum Gasteiger partial charge on any atom is 0.453 e. The highest BCUT2D eigenvalue weighted by Crippen LogP contribution is 2.27. The number of fused-ring (bicyclic) bond motifs is 1. The molecule has 2 aromatic heterocycles. The number of alkyl halides is 3. The van der Waals surface area contributed by atoms with Crippen LogP contribution in [0.2, 0.25) is 0 Å². The van der Waals surface area contributed by atoms with Crippen molar-refractivity contribution in [1.82, 2.24) is 19.6 Å². The Morgan fingerprint density at radius 3 is 2.50 bits per heavy atom. The first kappa shape index (κ1) is 14.5. The number of nitrogens with zero attached hydrogens (tertiary/aromatic N) is 5. The molecule has 0 aliphatic carbocycles. The third-order valence-electron chi connectivity index (χ3n) is 2.71. The second-order valence-corrected chi connectivity index (χ2v) is 5.18. The molecule has 0 N–H and O–H groups in total. The number of anilines is 1. The first-order chi connectivity index (χ1) is 9.18. The summed E-state index contributed by atoms with van der Waals surface area (Å²) in [6, 6.07) is 1.70. The van der Waals surface area contributed by atoms with Crippen LogP contribution in [0.1, 0.15) is 25.4 Å². The van der Waals surface area contributed by atoms with Crippen LogP contribution in [0.15, 0.2) is 6.07 Å². The lowest BCUT2D eigenvalue weighted by atomic mass is 10.2. The van der Waals surface area contributed by atoms with Crippen LogP contribution in [0.5, 0.6) is 0 Å². The molecule has 5 nitrogen and oxygen atoms in total. The van der Waals surface area contributed by atoms with E-state index >= 15 is 0 Å². The van der Waals surface area contributed by atoms with E-state index in [1.54, 1.807) is 13.0 Å². The second-order valence-electron chi connectivity index (χ2n) is 5.18. The summed E-state index contributed by atoms with van der Waals surface area (Å²) in [6.07, 6.45) is -4.57. The molecule has 2 rings (SSSR count). The van der Waals surface area contributed by atoms with E-state index in [2.05, 4.69) is 15.1 Å². The van der Waals surface area contributed by atoms with Gasteiger partial charge in [0.1, 0.15) is 5.82 Å². The summed E-state index contributed by atoms with van der Waals surface area (Å²) in [5, 5.41) is 3.53. The van der Waals surface area contributed by atoms with Gasteiger partial charge in [0.25, 0.3) is 11.6 Å². The highest BCUT2D eigenvalue weighted by atomic mass is 19.4. The fourth-order valence-corrected chi connectivity index (χ4v) is 2.00. The molecule has 0 aliphatic rings. The standard InChI is InChI=1S/C12H16F3N5/c1-7(2)6-19(4)9-5-8(3)16-11-17-10(12(13,14)15)18-20(9)11/h5,7H,6H2,1-4H3. The Labute approximate surface area is 114 Å². The fraction of sp³-hybridized carbons (Fsp3) is 0.583. The normalized spacial score (nSPS) is 12.4. The zero-order valence-electron chi connectivity index (χ0n) is 11.7. The van der Waals surface area contributed by atoms with E-state index in [0.717, 1.165) is 4.52 Å². The second kappa shape index (κ2) is 4.92. The molecule has 0 unspecified atom stereocenters. The lowest BCUT2D eigenvalue weighted by Gasteiger charge is -2.21. The van der Waals surface area contributed by atoms with E-state index in [0.29, 0.717) is 24.0 Å². The van der Waals surface area contributed by atoms with Gasteiger partial charge in [-0.1, -0.05) is 13.8 Å². The molecule has 0 radical (unpaired) electrons. The van der Waals surface area contributed by atoms with Crippen molar-refractivity contribution in [1.29, 1.82) is 0 Å². The summed E-state index contributed by atoms with van der Waals surface area (Å²) in [7, 11) is 1.81. The molecule has 2 heterocycles. The van der Waals surface area contributed by atoms with Gasteiger partial charge in [0, 0.05) is 25.4 Å². The SMILES string of the molecule is Cc1cc(N(C)CC(C)C)n2nc(C(F)(F)F)nc2n1. The van der Waals surface area contributed by atoms with Crippen molar-refractivity contribution >= 4 is 11.6 Å². The average Bonchev–Trinajstić information content (AvgIpc) is 2.69. The zero-order valence-corrected chi connectivity index (χ0v) is 11.7. The number of aryl methyl sites for hydroxylation is 1.